The molecule has 1 heterocycles. The van der Waals surface area contributed by atoms with Gasteiger partial charge in [0.05, 0.1) is 6.61 Å². The summed E-state index contributed by atoms with van der Waals surface area (Å²) in [6.45, 7) is 4.28. The van der Waals surface area contributed by atoms with Gasteiger partial charge in [-0.15, -0.1) is 0 Å². The van der Waals surface area contributed by atoms with Crippen LogP contribution in [0.3, 0.4) is 0 Å². The monoisotopic (exact) mass is 162 g/mol. The molecule has 12 heavy (non-hydrogen) atoms. The van der Waals surface area contributed by atoms with E-state index < -0.39 is 5.60 Å². The normalized spacial score (nSPS) is 21.3. The molecule has 1 aliphatic rings. The van der Waals surface area contributed by atoms with Crippen LogP contribution in [0.5, 0.6) is 0 Å². The predicted octanol–water partition coefficient (Wildman–Crippen LogP) is 1.53. The van der Waals surface area contributed by atoms with Crippen molar-refractivity contribution < 1.29 is 4.74 Å². The fourth-order valence-electron chi connectivity index (χ4n) is 1.10. The highest BCUT2D eigenvalue weighted by molar-refractivity contribution is 5.28. The third-order valence-corrected chi connectivity index (χ3v) is 2.14. The Bertz CT molecular complexity index is 289. The van der Waals surface area contributed by atoms with Crippen LogP contribution >= 0.6 is 0 Å². The van der Waals surface area contributed by atoms with Crippen molar-refractivity contribution in [2.75, 3.05) is 6.61 Å². The second-order valence-corrected chi connectivity index (χ2v) is 3.08. The van der Waals surface area contributed by atoms with Crippen LogP contribution in [0.2, 0.25) is 0 Å². The fraction of sp³-hybridized carbons (Fsp3) is 0.556. The van der Waals surface area contributed by atoms with E-state index in [1.54, 1.807) is 0 Å². The number of nitriles is 2. The molecule has 0 aliphatic carbocycles. The molecule has 0 amide bonds. The maximum atomic E-state index is 8.73. The quantitative estimate of drug-likeness (QED) is 0.507. The summed E-state index contributed by atoms with van der Waals surface area (Å²) in [7, 11) is 0. The molecule has 0 saturated carbocycles. The van der Waals surface area contributed by atoms with Gasteiger partial charge >= 0.3 is 0 Å². The lowest BCUT2D eigenvalue weighted by Crippen LogP contribution is -2.33. The Kier molecular flexibility index (Phi) is 2.17. The van der Waals surface area contributed by atoms with Gasteiger partial charge in [0.15, 0.2) is 0 Å². The average Bonchev–Trinajstić information content (AvgIpc) is 2.10. The second kappa shape index (κ2) is 2.97. The second-order valence-electron chi connectivity index (χ2n) is 3.08. The third kappa shape index (κ3) is 1.32. The SMILES string of the molecule is CC1=C(C)CC(C#N)(C#N)OC1. The zero-order valence-corrected chi connectivity index (χ0v) is 7.22. The molecular weight excluding hydrogens is 152 g/mol. The van der Waals surface area contributed by atoms with Gasteiger partial charge in [0.2, 0.25) is 5.60 Å². The van der Waals surface area contributed by atoms with E-state index in [9.17, 15) is 0 Å². The highest BCUT2D eigenvalue weighted by Crippen LogP contribution is 2.27. The highest BCUT2D eigenvalue weighted by atomic mass is 16.5. The molecule has 0 radical (unpaired) electrons. The molecular formula is C9H10N2O. The van der Waals surface area contributed by atoms with Crippen LogP contribution in [0.25, 0.3) is 0 Å². The summed E-state index contributed by atoms with van der Waals surface area (Å²) in [4.78, 5) is 0. The van der Waals surface area contributed by atoms with Gasteiger partial charge in [-0.05, 0) is 19.4 Å². The highest BCUT2D eigenvalue weighted by Gasteiger charge is 2.34. The van der Waals surface area contributed by atoms with Crippen LogP contribution in [0.4, 0.5) is 0 Å². The average molecular weight is 162 g/mol. The van der Waals surface area contributed by atoms with Crippen LogP contribution < -0.4 is 0 Å². The molecule has 0 aromatic heterocycles. The van der Waals surface area contributed by atoms with Gasteiger partial charge in [-0.3, -0.25) is 0 Å². The minimum atomic E-state index is -1.23. The van der Waals surface area contributed by atoms with Crippen LogP contribution in [0.1, 0.15) is 20.3 Å². The molecule has 1 aliphatic heterocycles. The minimum Gasteiger partial charge on any atom is -0.343 e. The minimum absolute atomic E-state index is 0.396. The number of rotatable bonds is 0. The smallest absolute Gasteiger partial charge is 0.245 e. The van der Waals surface area contributed by atoms with E-state index in [-0.39, 0.29) is 0 Å². The number of hydrogen-bond acceptors (Lipinski definition) is 3. The van der Waals surface area contributed by atoms with Crippen molar-refractivity contribution in [3.8, 4) is 12.1 Å². The van der Waals surface area contributed by atoms with Gasteiger partial charge in [-0.1, -0.05) is 5.57 Å². The summed E-state index contributed by atoms with van der Waals surface area (Å²) in [5.74, 6) is 0. The summed E-state index contributed by atoms with van der Waals surface area (Å²) < 4.78 is 5.17. The molecule has 0 unspecified atom stereocenters. The summed E-state index contributed by atoms with van der Waals surface area (Å²) in [5, 5.41) is 17.5. The Morgan fingerprint density at radius 3 is 2.25 bits per heavy atom. The first-order valence-electron chi connectivity index (χ1n) is 3.75. The molecule has 3 heteroatoms. The van der Waals surface area contributed by atoms with Gasteiger partial charge in [0, 0.05) is 6.42 Å². The Labute approximate surface area is 71.9 Å². The number of nitrogens with zero attached hydrogens (tertiary/aromatic N) is 2. The number of ether oxygens (including phenoxy) is 1. The molecule has 0 atom stereocenters. The van der Waals surface area contributed by atoms with E-state index >= 15 is 0 Å². The lowest BCUT2D eigenvalue weighted by atomic mass is 9.92. The van der Waals surface area contributed by atoms with Crippen molar-refractivity contribution in [2.24, 2.45) is 0 Å². The maximum absolute atomic E-state index is 8.73. The molecule has 0 saturated heterocycles. The van der Waals surface area contributed by atoms with Crippen LogP contribution in [-0.2, 0) is 4.74 Å². The first kappa shape index (κ1) is 8.77. The van der Waals surface area contributed by atoms with Crippen molar-refractivity contribution in [2.45, 2.75) is 25.9 Å². The molecule has 1 rings (SSSR count). The van der Waals surface area contributed by atoms with E-state index in [4.69, 9.17) is 15.3 Å². The zero-order chi connectivity index (χ0) is 9.19. The van der Waals surface area contributed by atoms with E-state index in [0.29, 0.717) is 13.0 Å². The Balaban J connectivity index is 2.94. The van der Waals surface area contributed by atoms with Crippen molar-refractivity contribution in [3.05, 3.63) is 11.1 Å². The predicted molar refractivity (Wildman–Crippen MR) is 42.9 cm³/mol. The molecule has 0 aromatic rings. The number of hydrogen-bond donors (Lipinski definition) is 0. The molecule has 0 fully saturated rings. The van der Waals surface area contributed by atoms with Gasteiger partial charge in [-0.2, -0.15) is 10.5 Å². The summed E-state index contributed by atoms with van der Waals surface area (Å²) in [6, 6.07) is 3.80. The van der Waals surface area contributed by atoms with E-state index in [0.717, 1.165) is 11.1 Å². The zero-order valence-electron chi connectivity index (χ0n) is 7.22. The van der Waals surface area contributed by atoms with Gasteiger partial charge in [-0.25, -0.2) is 0 Å². The lowest BCUT2D eigenvalue weighted by molar-refractivity contribution is 0.0435. The summed E-state index contributed by atoms with van der Waals surface area (Å²) >= 11 is 0. The molecule has 0 aromatic carbocycles. The lowest BCUT2D eigenvalue weighted by Gasteiger charge is -2.26. The maximum Gasteiger partial charge on any atom is 0.245 e. The Morgan fingerprint density at radius 1 is 1.25 bits per heavy atom. The molecule has 0 spiro atoms. The third-order valence-electron chi connectivity index (χ3n) is 2.14. The van der Waals surface area contributed by atoms with Crippen molar-refractivity contribution >= 4 is 0 Å². The van der Waals surface area contributed by atoms with Crippen LogP contribution in [-0.4, -0.2) is 12.2 Å². The molecule has 62 valence electrons. The first-order valence-corrected chi connectivity index (χ1v) is 3.75. The standard InChI is InChI=1S/C9H10N2O/c1-7-3-9(5-10,6-11)12-4-8(7)2/h3-4H2,1-2H3. The van der Waals surface area contributed by atoms with E-state index in [1.165, 1.54) is 0 Å². The Morgan fingerprint density at radius 2 is 1.83 bits per heavy atom. The fourth-order valence-corrected chi connectivity index (χ4v) is 1.10. The largest absolute Gasteiger partial charge is 0.343 e. The van der Waals surface area contributed by atoms with Crippen molar-refractivity contribution in [1.29, 1.82) is 10.5 Å². The van der Waals surface area contributed by atoms with E-state index in [1.807, 2.05) is 26.0 Å². The topological polar surface area (TPSA) is 56.8 Å². The molecule has 3 nitrogen and oxygen atoms in total. The van der Waals surface area contributed by atoms with Gasteiger partial charge in [0.25, 0.3) is 0 Å². The van der Waals surface area contributed by atoms with Crippen molar-refractivity contribution in [3.63, 3.8) is 0 Å². The molecule has 0 N–H and O–H groups in total. The van der Waals surface area contributed by atoms with Crippen LogP contribution in [0.15, 0.2) is 11.1 Å². The summed E-state index contributed by atoms with van der Waals surface area (Å²) in [6.07, 6.45) is 0.409. The van der Waals surface area contributed by atoms with Gasteiger partial charge < -0.3 is 4.74 Å². The molecule has 0 bridgehead atoms. The summed E-state index contributed by atoms with van der Waals surface area (Å²) in [5.41, 5.74) is 0.976. The van der Waals surface area contributed by atoms with Gasteiger partial charge in [0.1, 0.15) is 12.1 Å². The Hall–Kier alpha value is -1.32. The van der Waals surface area contributed by atoms with Crippen molar-refractivity contribution in [1.82, 2.24) is 0 Å². The first-order chi connectivity index (χ1) is 5.63. The van der Waals surface area contributed by atoms with Crippen LogP contribution in [0, 0.1) is 22.7 Å². The van der Waals surface area contributed by atoms with E-state index in [2.05, 4.69) is 0 Å².